The number of aromatic nitrogens is 2. The molecule has 2 aromatic carbocycles. The second-order valence-corrected chi connectivity index (χ2v) is 9.85. The van der Waals surface area contributed by atoms with E-state index in [1.165, 1.54) is 18.2 Å². The van der Waals surface area contributed by atoms with Crippen LogP contribution >= 0.6 is 15.9 Å². The van der Waals surface area contributed by atoms with Crippen LogP contribution < -0.4 is 10.1 Å². The molecule has 0 saturated heterocycles. The average Bonchev–Trinajstić information content (AvgIpc) is 3.10. The molecular weight excluding hydrogens is 500 g/mol. The van der Waals surface area contributed by atoms with E-state index >= 15 is 0 Å². The van der Waals surface area contributed by atoms with Gasteiger partial charge in [0.1, 0.15) is 22.9 Å². The Bertz CT molecular complexity index is 1420. The molecule has 0 aliphatic carbocycles. The van der Waals surface area contributed by atoms with Crippen LogP contribution in [0.15, 0.2) is 65.3 Å². The van der Waals surface area contributed by atoms with Crippen molar-refractivity contribution in [3.8, 4) is 17.0 Å². The minimum atomic E-state index is -0.674. The topological polar surface area (TPSA) is 98.8 Å². The number of halogens is 1. The number of ether oxygens (including phenoxy) is 1. The first-order chi connectivity index (χ1) is 16.0. The summed E-state index contributed by atoms with van der Waals surface area (Å²) in [5, 5.41) is 14.7. The molecule has 34 heavy (non-hydrogen) atoms. The molecule has 0 bridgehead atoms. The Kier molecular flexibility index (Phi) is 6.14. The summed E-state index contributed by atoms with van der Waals surface area (Å²) < 4.78 is 8.43. The highest BCUT2D eigenvalue weighted by atomic mass is 79.9. The van der Waals surface area contributed by atoms with Gasteiger partial charge in [0.15, 0.2) is 0 Å². The number of hydrogen-bond acceptors (Lipinski definition) is 6. The van der Waals surface area contributed by atoms with Gasteiger partial charge in [0.2, 0.25) is 0 Å². The number of carbonyl (C=O) groups is 1. The Morgan fingerprint density at radius 3 is 2.62 bits per heavy atom. The normalized spacial score (nSPS) is 11.4. The van der Waals surface area contributed by atoms with Crippen LogP contribution in [0.4, 0.5) is 11.5 Å². The Balaban J connectivity index is 1.71. The zero-order chi connectivity index (χ0) is 24.6. The van der Waals surface area contributed by atoms with Gasteiger partial charge in [0.05, 0.1) is 10.5 Å². The Morgan fingerprint density at radius 2 is 1.91 bits per heavy atom. The number of pyridine rings is 1. The molecule has 0 aliphatic heterocycles. The largest absolute Gasteiger partial charge is 0.423 e. The van der Waals surface area contributed by atoms with E-state index in [4.69, 9.17) is 9.72 Å². The summed E-state index contributed by atoms with van der Waals surface area (Å²) in [6, 6.07) is 15.2. The average molecular weight is 523 g/mol. The molecule has 0 saturated carbocycles. The van der Waals surface area contributed by atoms with E-state index in [1.807, 2.05) is 28.8 Å². The first-order valence-electron chi connectivity index (χ1n) is 10.6. The molecule has 4 rings (SSSR count). The van der Waals surface area contributed by atoms with Crippen molar-refractivity contribution in [1.29, 1.82) is 0 Å². The lowest BCUT2D eigenvalue weighted by atomic mass is 10.1. The third kappa shape index (κ3) is 4.94. The molecule has 174 valence electrons. The Hall–Kier alpha value is -3.72. The fraction of sp³-hybridized carbons (Fsp3) is 0.200. The van der Waals surface area contributed by atoms with Crippen LogP contribution in [-0.4, -0.2) is 25.8 Å². The van der Waals surface area contributed by atoms with Crippen molar-refractivity contribution in [2.24, 2.45) is 0 Å². The van der Waals surface area contributed by atoms with Gasteiger partial charge < -0.3 is 10.1 Å². The van der Waals surface area contributed by atoms with Crippen molar-refractivity contribution in [2.75, 3.05) is 5.32 Å². The lowest BCUT2D eigenvalue weighted by Gasteiger charge is -2.22. The zero-order valence-corrected chi connectivity index (χ0v) is 20.7. The van der Waals surface area contributed by atoms with Crippen LogP contribution in [0.5, 0.6) is 5.75 Å². The number of benzene rings is 2. The predicted molar refractivity (Wildman–Crippen MR) is 134 cm³/mol. The summed E-state index contributed by atoms with van der Waals surface area (Å²) in [4.78, 5) is 28.2. The molecule has 1 N–H and O–H groups in total. The summed E-state index contributed by atoms with van der Waals surface area (Å²) in [5.41, 5.74) is 2.45. The standard InChI is InChI=1S/C25H23BrN4O4/c1-15-8-9-17(13-20(15)30(32)33)24(31)34-19-7-5-6-16(12-19)22-23(28-25(2,3)4)29-14-18(26)10-11-21(29)27-22/h5-14,28H,1-4H3. The van der Waals surface area contributed by atoms with E-state index in [1.54, 1.807) is 25.1 Å². The fourth-order valence-electron chi connectivity index (χ4n) is 3.50. The molecular formula is C25H23BrN4O4. The Morgan fingerprint density at radius 1 is 1.15 bits per heavy atom. The number of nitrogens with one attached hydrogen (secondary N) is 1. The molecule has 0 atom stereocenters. The lowest BCUT2D eigenvalue weighted by molar-refractivity contribution is -0.385. The molecule has 8 nitrogen and oxygen atoms in total. The molecule has 2 heterocycles. The zero-order valence-electron chi connectivity index (χ0n) is 19.1. The van der Waals surface area contributed by atoms with E-state index in [-0.39, 0.29) is 16.8 Å². The molecule has 0 fully saturated rings. The van der Waals surface area contributed by atoms with Gasteiger partial charge in [-0.2, -0.15) is 0 Å². The summed E-state index contributed by atoms with van der Waals surface area (Å²) in [6.07, 6.45) is 1.94. The van der Waals surface area contributed by atoms with Crippen molar-refractivity contribution < 1.29 is 14.5 Å². The number of nitro benzene ring substituents is 1. The molecule has 0 aliphatic rings. The maximum Gasteiger partial charge on any atom is 0.343 e. The number of aryl methyl sites for hydroxylation is 1. The minimum absolute atomic E-state index is 0.107. The van der Waals surface area contributed by atoms with Crippen molar-refractivity contribution >= 4 is 39.1 Å². The Labute approximate surface area is 204 Å². The van der Waals surface area contributed by atoms with Gasteiger partial charge in [-0.3, -0.25) is 14.5 Å². The smallest absolute Gasteiger partial charge is 0.343 e. The van der Waals surface area contributed by atoms with Crippen molar-refractivity contribution in [3.05, 3.63) is 86.5 Å². The van der Waals surface area contributed by atoms with Crippen molar-refractivity contribution in [2.45, 2.75) is 33.2 Å². The van der Waals surface area contributed by atoms with E-state index in [0.717, 1.165) is 21.5 Å². The van der Waals surface area contributed by atoms with E-state index in [9.17, 15) is 14.9 Å². The number of nitrogens with zero attached hydrogens (tertiary/aromatic N) is 3. The summed E-state index contributed by atoms with van der Waals surface area (Å²) >= 11 is 3.52. The number of fused-ring (bicyclic) bond motifs is 1. The summed E-state index contributed by atoms with van der Waals surface area (Å²) in [6.45, 7) is 7.81. The first kappa shape index (κ1) is 23.4. The first-order valence-corrected chi connectivity index (χ1v) is 11.3. The van der Waals surface area contributed by atoms with Gasteiger partial charge in [0.25, 0.3) is 5.69 Å². The molecule has 0 amide bonds. The number of imidazole rings is 1. The van der Waals surface area contributed by atoms with E-state index in [2.05, 4.69) is 42.0 Å². The van der Waals surface area contributed by atoms with Gasteiger partial charge in [-0.15, -0.1) is 0 Å². The second kappa shape index (κ2) is 8.90. The number of esters is 1. The quantitative estimate of drug-likeness (QED) is 0.141. The lowest BCUT2D eigenvalue weighted by Crippen LogP contribution is -2.27. The maximum absolute atomic E-state index is 12.7. The summed E-state index contributed by atoms with van der Waals surface area (Å²) in [5.74, 6) is 0.444. The highest BCUT2D eigenvalue weighted by Gasteiger charge is 2.21. The second-order valence-electron chi connectivity index (χ2n) is 8.94. The number of rotatable bonds is 5. The minimum Gasteiger partial charge on any atom is -0.423 e. The van der Waals surface area contributed by atoms with Gasteiger partial charge in [-0.25, -0.2) is 9.78 Å². The van der Waals surface area contributed by atoms with Gasteiger partial charge in [-0.05, 0) is 74.0 Å². The van der Waals surface area contributed by atoms with Crippen molar-refractivity contribution in [3.63, 3.8) is 0 Å². The third-order valence-corrected chi connectivity index (χ3v) is 5.50. The molecule has 0 unspecified atom stereocenters. The number of nitro groups is 1. The maximum atomic E-state index is 12.7. The molecule has 0 radical (unpaired) electrons. The monoisotopic (exact) mass is 522 g/mol. The van der Waals surface area contributed by atoms with Crippen LogP contribution in [-0.2, 0) is 0 Å². The van der Waals surface area contributed by atoms with E-state index in [0.29, 0.717) is 17.0 Å². The molecule has 0 spiro atoms. The van der Waals surface area contributed by atoms with Gasteiger partial charge in [0, 0.05) is 33.4 Å². The van der Waals surface area contributed by atoms with Crippen LogP contribution in [0.1, 0.15) is 36.7 Å². The third-order valence-electron chi connectivity index (χ3n) is 5.04. The van der Waals surface area contributed by atoms with Gasteiger partial charge in [-0.1, -0.05) is 18.2 Å². The summed E-state index contributed by atoms with van der Waals surface area (Å²) in [7, 11) is 0. The number of anilines is 1. The predicted octanol–water partition coefficient (Wildman–Crippen LogP) is 6.41. The SMILES string of the molecule is Cc1ccc(C(=O)Oc2cccc(-c3nc4ccc(Br)cn4c3NC(C)(C)C)c2)cc1[N+](=O)[O-]. The fourth-order valence-corrected chi connectivity index (χ4v) is 3.84. The number of carbonyl (C=O) groups excluding carboxylic acids is 1. The highest BCUT2D eigenvalue weighted by Crippen LogP contribution is 2.33. The van der Waals surface area contributed by atoms with Crippen LogP contribution in [0.3, 0.4) is 0 Å². The van der Waals surface area contributed by atoms with E-state index < -0.39 is 10.9 Å². The van der Waals surface area contributed by atoms with Crippen LogP contribution in [0.2, 0.25) is 0 Å². The van der Waals surface area contributed by atoms with Crippen LogP contribution in [0.25, 0.3) is 16.9 Å². The number of hydrogen-bond donors (Lipinski definition) is 1. The van der Waals surface area contributed by atoms with Gasteiger partial charge >= 0.3 is 5.97 Å². The van der Waals surface area contributed by atoms with Crippen molar-refractivity contribution in [1.82, 2.24) is 9.38 Å². The molecule has 2 aromatic heterocycles. The molecule has 9 heteroatoms. The highest BCUT2D eigenvalue weighted by molar-refractivity contribution is 9.10. The molecule has 4 aromatic rings. The van der Waals surface area contributed by atoms with Crippen LogP contribution in [0, 0.1) is 17.0 Å².